The van der Waals surface area contributed by atoms with Crippen molar-refractivity contribution >= 4 is 17.6 Å². The highest BCUT2D eigenvalue weighted by Gasteiger charge is 2.24. The Morgan fingerprint density at radius 3 is 2.92 bits per heavy atom. The predicted octanol–water partition coefficient (Wildman–Crippen LogP) is 2.72. The van der Waals surface area contributed by atoms with Crippen LogP contribution in [0.5, 0.6) is 0 Å². The fourth-order valence-electron chi connectivity index (χ4n) is 1.82. The molecule has 0 fully saturated rings. The Morgan fingerprint density at radius 1 is 1.42 bits per heavy atom. The summed E-state index contributed by atoms with van der Waals surface area (Å²) in [6.45, 7) is 2.27. The van der Waals surface area contributed by atoms with Crippen LogP contribution in [0.3, 0.4) is 0 Å². The summed E-state index contributed by atoms with van der Waals surface area (Å²) in [5, 5.41) is 0. The van der Waals surface area contributed by atoms with Crippen LogP contribution in [0.2, 0.25) is 0 Å². The lowest BCUT2D eigenvalue weighted by atomic mass is 10.1. The van der Waals surface area contributed by atoms with Crippen molar-refractivity contribution in [3.8, 4) is 0 Å². The fraction of sp³-hybridized carbons (Fsp3) is 0.400. The van der Waals surface area contributed by atoms with Crippen molar-refractivity contribution < 1.29 is 0 Å². The zero-order valence-corrected chi connectivity index (χ0v) is 8.27. The number of hydrogen-bond acceptors (Lipinski definition) is 2. The van der Waals surface area contributed by atoms with Crippen LogP contribution in [0.1, 0.15) is 12.5 Å². The third-order valence-corrected chi connectivity index (χ3v) is 3.29. The summed E-state index contributed by atoms with van der Waals surface area (Å²) in [5.74, 6) is 0. The minimum Gasteiger partial charge on any atom is -0.313 e. The number of para-hydroxylation sites is 1. The summed E-state index contributed by atoms with van der Waals surface area (Å²) in [7, 11) is 0. The molecule has 2 rings (SSSR count). The summed E-state index contributed by atoms with van der Waals surface area (Å²) in [6.07, 6.45) is 3.33. The molecule has 64 valence electrons. The molecule has 0 saturated heterocycles. The van der Waals surface area contributed by atoms with Gasteiger partial charge in [0, 0.05) is 12.3 Å². The highest BCUT2D eigenvalue weighted by Crippen LogP contribution is 2.35. The van der Waals surface area contributed by atoms with E-state index in [0.717, 1.165) is 0 Å². The molecule has 1 unspecified atom stereocenters. The van der Waals surface area contributed by atoms with E-state index in [9.17, 15) is 0 Å². The third kappa shape index (κ3) is 1.11. The quantitative estimate of drug-likeness (QED) is 0.610. The van der Waals surface area contributed by atoms with Crippen molar-refractivity contribution in [1.29, 1.82) is 0 Å². The van der Waals surface area contributed by atoms with Crippen LogP contribution in [0.4, 0.5) is 5.69 Å². The lowest BCUT2D eigenvalue weighted by Gasteiger charge is -2.20. The van der Waals surface area contributed by atoms with Gasteiger partial charge in [0.2, 0.25) is 0 Å². The van der Waals surface area contributed by atoms with Crippen molar-refractivity contribution in [1.82, 2.24) is 0 Å². The largest absolute Gasteiger partial charge is 0.313 e. The number of anilines is 1. The highest BCUT2D eigenvalue weighted by molar-refractivity contribution is 8.00. The van der Waals surface area contributed by atoms with Gasteiger partial charge in [0.1, 0.15) is 0 Å². The topological polar surface area (TPSA) is 3.24 Å². The van der Waals surface area contributed by atoms with E-state index >= 15 is 0 Å². The number of fused-ring (bicyclic) bond motifs is 1. The van der Waals surface area contributed by atoms with Crippen molar-refractivity contribution in [3.05, 3.63) is 29.8 Å². The normalized spacial score (nSPS) is 21.2. The minimum atomic E-state index is 0.650. The van der Waals surface area contributed by atoms with Gasteiger partial charge in [-0.2, -0.15) is 0 Å². The van der Waals surface area contributed by atoms with E-state index in [-0.39, 0.29) is 0 Å². The van der Waals surface area contributed by atoms with Crippen LogP contribution in [0.25, 0.3) is 0 Å². The Labute approximate surface area is 77.9 Å². The van der Waals surface area contributed by atoms with E-state index in [1.807, 2.05) is 11.9 Å². The van der Waals surface area contributed by atoms with Gasteiger partial charge in [-0.05, 0) is 25.0 Å². The molecule has 0 spiro atoms. The molecule has 0 bridgehead atoms. The molecule has 1 aromatic rings. The second-order valence-corrected chi connectivity index (χ2v) is 3.95. The van der Waals surface area contributed by atoms with Crippen LogP contribution in [-0.4, -0.2) is 12.3 Å². The zero-order chi connectivity index (χ0) is 8.55. The van der Waals surface area contributed by atoms with E-state index in [1.54, 1.807) is 0 Å². The van der Waals surface area contributed by atoms with E-state index in [2.05, 4.69) is 41.8 Å². The molecule has 1 heterocycles. The molecule has 0 N–H and O–H groups in total. The number of rotatable bonds is 1. The van der Waals surface area contributed by atoms with Crippen LogP contribution >= 0.6 is 11.9 Å². The van der Waals surface area contributed by atoms with Gasteiger partial charge in [0.25, 0.3) is 0 Å². The first-order valence-electron chi connectivity index (χ1n) is 4.24. The first kappa shape index (κ1) is 7.99. The van der Waals surface area contributed by atoms with Crippen LogP contribution in [0, 0.1) is 0 Å². The molecule has 1 aliphatic rings. The standard InChI is InChI=1S/C10H13NS/c1-8-7-9-5-3-4-6-10(9)11(8)12-2/h3-6,8H,7H2,1-2H3. The van der Waals surface area contributed by atoms with Crippen LogP contribution < -0.4 is 4.31 Å². The van der Waals surface area contributed by atoms with E-state index in [0.29, 0.717) is 6.04 Å². The Balaban J connectivity index is 2.40. The summed E-state index contributed by atoms with van der Waals surface area (Å²) >= 11 is 1.82. The van der Waals surface area contributed by atoms with Gasteiger partial charge in [-0.25, -0.2) is 0 Å². The lowest BCUT2D eigenvalue weighted by Crippen LogP contribution is -2.20. The second-order valence-electron chi connectivity index (χ2n) is 3.19. The highest BCUT2D eigenvalue weighted by atomic mass is 32.2. The van der Waals surface area contributed by atoms with Crippen molar-refractivity contribution in [2.45, 2.75) is 19.4 Å². The molecule has 0 saturated carbocycles. The van der Waals surface area contributed by atoms with Crippen LogP contribution in [0.15, 0.2) is 24.3 Å². The summed E-state index contributed by atoms with van der Waals surface area (Å²) in [5.41, 5.74) is 2.89. The maximum atomic E-state index is 2.38. The second kappa shape index (κ2) is 3.02. The molecule has 0 aromatic heterocycles. The number of benzene rings is 1. The van der Waals surface area contributed by atoms with Gasteiger partial charge in [0.05, 0.1) is 5.69 Å². The predicted molar refractivity (Wildman–Crippen MR) is 55.6 cm³/mol. The Kier molecular flexibility index (Phi) is 2.01. The lowest BCUT2D eigenvalue weighted by molar-refractivity contribution is 0.795. The molecule has 0 radical (unpaired) electrons. The molecular formula is C10H13NS. The molecular weight excluding hydrogens is 166 g/mol. The zero-order valence-electron chi connectivity index (χ0n) is 7.45. The van der Waals surface area contributed by atoms with Gasteiger partial charge >= 0.3 is 0 Å². The number of nitrogens with zero attached hydrogens (tertiary/aromatic N) is 1. The van der Waals surface area contributed by atoms with Gasteiger partial charge in [-0.15, -0.1) is 0 Å². The Morgan fingerprint density at radius 2 is 2.17 bits per heavy atom. The first-order chi connectivity index (χ1) is 5.83. The smallest absolute Gasteiger partial charge is 0.0505 e. The van der Waals surface area contributed by atoms with E-state index < -0.39 is 0 Å². The van der Waals surface area contributed by atoms with Crippen LogP contribution in [-0.2, 0) is 6.42 Å². The fourth-order valence-corrected chi connectivity index (χ4v) is 2.62. The van der Waals surface area contributed by atoms with E-state index in [1.165, 1.54) is 17.7 Å². The Bertz CT molecular complexity index is 285. The molecule has 12 heavy (non-hydrogen) atoms. The molecule has 1 nitrogen and oxygen atoms in total. The van der Waals surface area contributed by atoms with Crippen molar-refractivity contribution in [2.75, 3.05) is 10.6 Å². The van der Waals surface area contributed by atoms with Crippen molar-refractivity contribution in [2.24, 2.45) is 0 Å². The maximum Gasteiger partial charge on any atom is 0.0505 e. The molecule has 1 atom stereocenters. The van der Waals surface area contributed by atoms with Crippen molar-refractivity contribution in [3.63, 3.8) is 0 Å². The SMILES string of the molecule is CSN1c2ccccc2CC1C. The van der Waals surface area contributed by atoms with Gasteiger partial charge in [0.15, 0.2) is 0 Å². The third-order valence-electron chi connectivity index (χ3n) is 2.34. The average Bonchev–Trinajstić information content (AvgIpc) is 2.40. The number of hydrogen-bond donors (Lipinski definition) is 0. The molecule has 2 heteroatoms. The first-order valence-corrected chi connectivity index (χ1v) is 5.42. The summed E-state index contributed by atoms with van der Waals surface area (Å²) in [6, 6.07) is 9.31. The molecule has 0 aliphatic carbocycles. The summed E-state index contributed by atoms with van der Waals surface area (Å²) < 4.78 is 2.38. The molecule has 1 aliphatic heterocycles. The van der Waals surface area contributed by atoms with E-state index in [4.69, 9.17) is 0 Å². The maximum absolute atomic E-state index is 2.38. The Hall–Kier alpha value is -0.630. The monoisotopic (exact) mass is 179 g/mol. The average molecular weight is 179 g/mol. The van der Waals surface area contributed by atoms with Gasteiger partial charge in [-0.3, -0.25) is 0 Å². The molecule has 0 amide bonds. The minimum absolute atomic E-state index is 0.650. The molecule has 1 aromatic carbocycles. The van der Waals surface area contributed by atoms with Gasteiger partial charge < -0.3 is 4.31 Å². The summed E-state index contributed by atoms with van der Waals surface area (Å²) in [4.78, 5) is 0. The van der Waals surface area contributed by atoms with Gasteiger partial charge in [-0.1, -0.05) is 30.1 Å².